The number of phenols is 9. The van der Waals surface area contributed by atoms with Crippen LogP contribution in [0.1, 0.15) is 41.4 Å². The summed E-state index contributed by atoms with van der Waals surface area (Å²) in [6.07, 6.45) is 0. The molecule has 0 aliphatic heterocycles. The van der Waals surface area contributed by atoms with Gasteiger partial charge in [-0.1, -0.05) is 0 Å². The summed E-state index contributed by atoms with van der Waals surface area (Å²) in [4.78, 5) is 50.7. The van der Waals surface area contributed by atoms with Crippen LogP contribution in [0.15, 0.2) is 48.5 Å². The Kier molecular flexibility index (Phi) is 8.02. The number of phenolic OH excluding ortho intramolecular Hbond substituents is 9. The van der Waals surface area contributed by atoms with Gasteiger partial charge in [0.1, 0.15) is 0 Å². The minimum absolute atomic E-state index is 0.622. The molecule has 0 bridgehead atoms. The zero-order valence-electron chi connectivity index (χ0n) is 21.9. The lowest BCUT2D eigenvalue weighted by Crippen LogP contribution is -2.16. The second-order valence-electron chi connectivity index (χ2n) is 8.86. The van der Waals surface area contributed by atoms with Crippen LogP contribution >= 0.6 is 0 Å². The Morgan fingerprint density at radius 1 is 0.400 bits per heavy atom. The van der Waals surface area contributed by atoms with E-state index in [0.29, 0.717) is 48.5 Å². The highest BCUT2D eigenvalue weighted by Gasteiger charge is 2.28. The first-order valence-corrected chi connectivity index (χ1v) is 11.9. The maximum Gasteiger partial charge on any atom is 0.344 e. The highest BCUT2D eigenvalue weighted by Crippen LogP contribution is 2.43. The summed E-state index contributed by atoms with van der Waals surface area (Å²) in [6.45, 7) is 0. The first-order valence-electron chi connectivity index (χ1n) is 11.9. The van der Waals surface area contributed by atoms with Crippen molar-refractivity contribution in [2.75, 3.05) is 0 Å². The molecule has 10 N–H and O–H groups in total. The van der Waals surface area contributed by atoms with Crippen molar-refractivity contribution in [1.29, 1.82) is 0 Å². The minimum Gasteiger partial charge on any atom is -0.504 e. The van der Waals surface area contributed by atoms with E-state index < -0.39 is 115 Å². The largest absolute Gasteiger partial charge is 0.504 e. The lowest BCUT2D eigenvalue weighted by atomic mass is 10.1. The summed E-state index contributed by atoms with van der Waals surface area (Å²) in [6, 6.07) is 5.14. The number of benzene rings is 4. The van der Waals surface area contributed by atoms with E-state index in [9.17, 15) is 70.2 Å². The van der Waals surface area contributed by atoms with E-state index >= 15 is 0 Å². The van der Waals surface area contributed by atoms with Crippen molar-refractivity contribution < 1.29 is 84.5 Å². The molecule has 4 aromatic carbocycles. The number of hydrogen-bond acceptors (Lipinski definition) is 16. The third kappa shape index (κ3) is 6.26. The van der Waals surface area contributed by atoms with Crippen LogP contribution in [-0.4, -0.2) is 74.9 Å². The predicted octanol–water partition coefficient (Wildman–Crippen LogP) is 2.39. The summed E-state index contributed by atoms with van der Waals surface area (Å²) in [5.41, 5.74) is -2.62. The lowest BCUT2D eigenvalue weighted by molar-refractivity contribution is 0.0648. The second kappa shape index (κ2) is 11.7. The molecule has 0 aliphatic rings. The van der Waals surface area contributed by atoms with Gasteiger partial charge in [-0.25, -0.2) is 19.2 Å². The standard InChI is InChI=1S/C28H18O17/c29-13-1-10(2-14(30)21(13)35)26(40)43-19-7-9(25(38)39)8-20(44-27(41)11-3-15(31)22(36)16(32)4-11)24(19)45-28(42)12-5-17(33)23(37)18(34)6-12/h1-8,29-37H,(H,38,39). The van der Waals surface area contributed by atoms with E-state index in [1.807, 2.05) is 0 Å². The quantitative estimate of drug-likeness (QED) is 0.0799. The summed E-state index contributed by atoms with van der Waals surface area (Å²) < 4.78 is 15.4. The third-order valence-electron chi connectivity index (χ3n) is 5.78. The Bertz CT molecular complexity index is 1750. The van der Waals surface area contributed by atoms with Crippen molar-refractivity contribution >= 4 is 23.9 Å². The van der Waals surface area contributed by atoms with Gasteiger partial charge in [0.05, 0.1) is 22.3 Å². The van der Waals surface area contributed by atoms with Crippen LogP contribution in [-0.2, 0) is 0 Å². The molecule has 0 saturated heterocycles. The lowest BCUT2D eigenvalue weighted by Gasteiger charge is -2.16. The summed E-state index contributed by atoms with van der Waals surface area (Å²) in [5, 5.41) is 96.9. The van der Waals surface area contributed by atoms with Gasteiger partial charge in [-0.05, 0) is 48.5 Å². The monoisotopic (exact) mass is 626 g/mol. The summed E-state index contributed by atoms with van der Waals surface area (Å²) >= 11 is 0. The third-order valence-corrected chi connectivity index (χ3v) is 5.78. The van der Waals surface area contributed by atoms with E-state index in [-0.39, 0.29) is 0 Å². The number of ether oxygens (including phenoxy) is 3. The van der Waals surface area contributed by atoms with Gasteiger partial charge < -0.3 is 65.3 Å². The van der Waals surface area contributed by atoms with Crippen LogP contribution in [0, 0.1) is 0 Å². The van der Waals surface area contributed by atoms with Crippen molar-refractivity contribution in [3.05, 3.63) is 70.8 Å². The van der Waals surface area contributed by atoms with Crippen LogP contribution in [0.4, 0.5) is 0 Å². The Hall–Kier alpha value is -7.04. The molecule has 0 spiro atoms. The first-order chi connectivity index (χ1) is 21.1. The van der Waals surface area contributed by atoms with Crippen LogP contribution in [0.5, 0.6) is 69.0 Å². The minimum atomic E-state index is -1.70. The van der Waals surface area contributed by atoms with E-state index in [2.05, 4.69) is 0 Å². The molecule has 45 heavy (non-hydrogen) atoms. The number of carbonyl (C=O) groups is 4. The molecule has 0 unspecified atom stereocenters. The molecule has 0 aromatic heterocycles. The molecule has 232 valence electrons. The molecule has 0 heterocycles. The van der Waals surface area contributed by atoms with Crippen molar-refractivity contribution in [2.45, 2.75) is 0 Å². The molecule has 0 atom stereocenters. The normalized spacial score (nSPS) is 10.6. The van der Waals surface area contributed by atoms with Crippen LogP contribution in [0.3, 0.4) is 0 Å². The molecule has 4 aromatic rings. The number of carboxylic acids is 1. The van der Waals surface area contributed by atoms with Gasteiger partial charge in [0.25, 0.3) is 0 Å². The average molecular weight is 626 g/mol. The molecular weight excluding hydrogens is 608 g/mol. The predicted molar refractivity (Wildman–Crippen MR) is 143 cm³/mol. The van der Waals surface area contributed by atoms with Gasteiger partial charge in [-0.3, -0.25) is 0 Å². The van der Waals surface area contributed by atoms with Crippen molar-refractivity contribution in [2.24, 2.45) is 0 Å². The Balaban J connectivity index is 1.86. The molecule has 0 fully saturated rings. The topological polar surface area (TPSA) is 298 Å². The Morgan fingerprint density at radius 2 is 0.667 bits per heavy atom. The summed E-state index contributed by atoms with van der Waals surface area (Å²) in [7, 11) is 0. The molecule has 17 heteroatoms. The smallest absolute Gasteiger partial charge is 0.344 e. The zero-order chi connectivity index (χ0) is 33.3. The number of aromatic hydroxyl groups is 9. The Morgan fingerprint density at radius 3 is 0.933 bits per heavy atom. The van der Waals surface area contributed by atoms with Crippen LogP contribution < -0.4 is 14.2 Å². The Labute approximate surface area is 248 Å². The van der Waals surface area contributed by atoms with Crippen molar-refractivity contribution in [3.63, 3.8) is 0 Å². The highest BCUT2D eigenvalue weighted by molar-refractivity contribution is 5.98. The molecule has 0 amide bonds. The number of rotatable bonds is 7. The van der Waals surface area contributed by atoms with Gasteiger partial charge >= 0.3 is 23.9 Å². The second-order valence-corrected chi connectivity index (χ2v) is 8.86. The summed E-state index contributed by atoms with van der Waals surface area (Å²) in [5.74, 6) is -17.7. The number of hydrogen-bond donors (Lipinski definition) is 10. The van der Waals surface area contributed by atoms with Crippen LogP contribution in [0.25, 0.3) is 0 Å². The number of carboxylic acid groups (broad SMARTS) is 1. The number of esters is 3. The molecular formula is C28H18O17. The van der Waals surface area contributed by atoms with E-state index in [4.69, 9.17) is 14.2 Å². The fourth-order valence-electron chi connectivity index (χ4n) is 3.59. The van der Waals surface area contributed by atoms with Crippen molar-refractivity contribution in [3.8, 4) is 69.0 Å². The van der Waals surface area contributed by atoms with Gasteiger partial charge in [0.15, 0.2) is 63.2 Å². The first kappa shape index (κ1) is 30.9. The van der Waals surface area contributed by atoms with Gasteiger partial charge in [0, 0.05) is 0 Å². The van der Waals surface area contributed by atoms with E-state index in [1.165, 1.54) is 0 Å². The molecule has 0 saturated carbocycles. The van der Waals surface area contributed by atoms with Crippen molar-refractivity contribution in [1.82, 2.24) is 0 Å². The maximum atomic E-state index is 13.0. The van der Waals surface area contributed by atoms with E-state index in [1.54, 1.807) is 0 Å². The molecule has 0 aliphatic carbocycles. The SMILES string of the molecule is O=C(O)c1cc(OC(=O)c2cc(O)c(O)c(O)c2)c(OC(=O)c2cc(O)c(O)c(O)c2)c(OC(=O)c2cc(O)c(O)c(O)c2)c1. The fourth-order valence-corrected chi connectivity index (χ4v) is 3.59. The number of carbonyl (C=O) groups excluding carboxylic acids is 3. The van der Waals surface area contributed by atoms with Gasteiger partial charge in [0.2, 0.25) is 5.75 Å². The molecule has 17 nitrogen and oxygen atoms in total. The fraction of sp³-hybridized carbons (Fsp3) is 0. The van der Waals surface area contributed by atoms with Crippen LogP contribution in [0.2, 0.25) is 0 Å². The highest BCUT2D eigenvalue weighted by atomic mass is 16.6. The number of aromatic carboxylic acids is 1. The van der Waals surface area contributed by atoms with Gasteiger partial charge in [-0.2, -0.15) is 0 Å². The molecule has 4 rings (SSSR count). The molecule has 0 radical (unpaired) electrons. The van der Waals surface area contributed by atoms with Gasteiger partial charge in [-0.15, -0.1) is 0 Å². The zero-order valence-corrected chi connectivity index (χ0v) is 21.9. The van der Waals surface area contributed by atoms with E-state index in [0.717, 1.165) is 0 Å². The average Bonchev–Trinajstić information content (AvgIpc) is 2.97. The maximum absolute atomic E-state index is 13.0.